The second kappa shape index (κ2) is 10.7. The minimum absolute atomic E-state index is 0.0483. The van der Waals surface area contributed by atoms with Crippen molar-refractivity contribution in [1.82, 2.24) is 20.2 Å². The minimum Gasteiger partial charge on any atom is -0.497 e. The van der Waals surface area contributed by atoms with E-state index in [1.54, 1.807) is 19.1 Å². The highest BCUT2D eigenvalue weighted by molar-refractivity contribution is 5.93. The molecule has 0 saturated carbocycles. The van der Waals surface area contributed by atoms with Crippen LogP contribution in [0.1, 0.15) is 60.9 Å². The van der Waals surface area contributed by atoms with Crippen LogP contribution in [0.25, 0.3) is 22.3 Å². The van der Waals surface area contributed by atoms with Crippen LogP contribution in [-0.4, -0.2) is 50.1 Å². The summed E-state index contributed by atoms with van der Waals surface area (Å²) in [4.78, 5) is 29.0. The highest BCUT2D eigenvalue weighted by Crippen LogP contribution is 2.58. The van der Waals surface area contributed by atoms with Gasteiger partial charge in [0.05, 0.1) is 24.6 Å². The summed E-state index contributed by atoms with van der Waals surface area (Å²) in [6.07, 6.45) is -2.08. The lowest BCUT2D eigenvalue weighted by Crippen LogP contribution is -2.41. The maximum atomic E-state index is 14.4. The van der Waals surface area contributed by atoms with Gasteiger partial charge in [-0.15, -0.1) is 0 Å². The number of halogens is 3. The molecule has 2 unspecified atom stereocenters. The van der Waals surface area contributed by atoms with Gasteiger partial charge in [0.1, 0.15) is 17.6 Å². The number of amides is 1. The van der Waals surface area contributed by atoms with Crippen LogP contribution in [0.15, 0.2) is 60.9 Å². The summed E-state index contributed by atoms with van der Waals surface area (Å²) in [5.74, 6) is -1.31. The standard InChI is InChI=1S/C31H30F3N5O5/c1-16(27(40)38-37-24-11-10-20(28(41)42)26(36-24)29(2,3)4)39-15-17(14-35-39)21-12-18(44-5)13-23-25(21)19-8-6-7-9-22(19)30(23,43)31(32,33)34/h6-16,43H,1-5H3,(H,36,37)(H,38,40)(H,41,42). The van der Waals surface area contributed by atoms with Crippen molar-refractivity contribution < 1.29 is 37.7 Å². The molecule has 2 heterocycles. The predicted octanol–water partition coefficient (Wildman–Crippen LogP) is 5.43. The number of ether oxygens (including phenoxy) is 1. The Labute approximate surface area is 250 Å². The first kappa shape index (κ1) is 30.5. The van der Waals surface area contributed by atoms with Crippen molar-refractivity contribution in [1.29, 1.82) is 0 Å². The van der Waals surface area contributed by atoms with E-state index in [1.165, 1.54) is 60.6 Å². The van der Waals surface area contributed by atoms with E-state index in [9.17, 15) is 33.0 Å². The molecule has 230 valence electrons. The number of aromatic nitrogens is 3. The number of carbonyl (C=O) groups excluding carboxylic acids is 1. The number of hydrazine groups is 1. The third-order valence-electron chi connectivity index (χ3n) is 7.57. The number of anilines is 1. The van der Waals surface area contributed by atoms with Crippen molar-refractivity contribution >= 4 is 17.7 Å². The number of fused-ring (bicyclic) bond motifs is 3. The van der Waals surface area contributed by atoms with Crippen LogP contribution in [0, 0.1) is 0 Å². The Hall–Kier alpha value is -4.91. The summed E-state index contributed by atoms with van der Waals surface area (Å²) in [6, 6.07) is 10.5. The Kier molecular flexibility index (Phi) is 7.40. The van der Waals surface area contributed by atoms with E-state index in [1.807, 2.05) is 20.8 Å². The average molecular weight is 610 g/mol. The Morgan fingerprint density at radius 1 is 1.05 bits per heavy atom. The zero-order valence-corrected chi connectivity index (χ0v) is 24.4. The summed E-state index contributed by atoms with van der Waals surface area (Å²) in [6.45, 7) is 7.04. The van der Waals surface area contributed by atoms with Gasteiger partial charge in [0.15, 0.2) is 0 Å². The van der Waals surface area contributed by atoms with E-state index in [2.05, 4.69) is 20.9 Å². The lowest BCUT2D eigenvalue weighted by molar-refractivity contribution is -0.246. The summed E-state index contributed by atoms with van der Waals surface area (Å²) in [5.41, 5.74) is 2.28. The van der Waals surface area contributed by atoms with Gasteiger partial charge in [-0.2, -0.15) is 18.3 Å². The zero-order valence-electron chi connectivity index (χ0n) is 24.4. The molecule has 2 aromatic heterocycles. The first-order chi connectivity index (χ1) is 20.6. The van der Waals surface area contributed by atoms with E-state index in [4.69, 9.17) is 4.74 Å². The third-order valence-corrected chi connectivity index (χ3v) is 7.57. The molecule has 10 nitrogen and oxygen atoms in total. The van der Waals surface area contributed by atoms with Crippen LogP contribution >= 0.6 is 0 Å². The smallest absolute Gasteiger partial charge is 0.425 e. The predicted molar refractivity (Wildman–Crippen MR) is 155 cm³/mol. The molecule has 0 bridgehead atoms. The molecule has 13 heteroatoms. The van der Waals surface area contributed by atoms with E-state index in [0.29, 0.717) is 16.8 Å². The van der Waals surface area contributed by atoms with E-state index >= 15 is 0 Å². The minimum atomic E-state index is -5.02. The number of benzene rings is 2. The number of alkyl halides is 3. The number of nitrogens with one attached hydrogen (secondary N) is 2. The summed E-state index contributed by atoms with van der Waals surface area (Å²) in [7, 11) is 1.32. The molecule has 2 aromatic carbocycles. The molecule has 1 amide bonds. The van der Waals surface area contributed by atoms with Crippen LogP contribution in [0.5, 0.6) is 5.75 Å². The lowest BCUT2D eigenvalue weighted by atomic mass is 9.88. The van der Waals surface area contributed by atoms with Crippen molar-refractivity contribution in [2.45, 2.75) is 50.9 Å². The highest BCUT2D eigenvalue weighted by atomic mass is 19.4. The zero-order chi connectivity index (χ0) is 32.2. The second-order valence-electron chi connectivity index (χ2n) is 11.5. The summed E-state index contributed by atoms with van der Waals surface area (Å²) < 4.78 is 49.9. The molecule has 5 rings (SSSR count). The number of aliphatic hydroxyl groups is 1. The molecule has 4 N–H and O–H groups in total. The third kappa shape index (κ3) is 5.02. The number of nitrogens with zero attached hydrogens (tertiary/aromatic N) is 3. The Morgan fingerprint density at radius 2 is 1.75 bits per heavy atom. The van der Waals surface area contributed by atoms with Gasteiger partial charge in [0.2, 0.25) is 5.60 Å². The van der Waals surface area contributed by atoms with Gasteiger partial charge in [-0.1, -0.05) is 45.0 Å². The molecule has 1 aliphatic rings. The van der Waals surface area contributed by atoms with E-state index < -0.39 is 35.1 Å². The molecular formula is C31H30F3N5O5. The fourth-order valence-electron chi connectivity index (χ4n) is 5.32. The molecule has 0 spiro atoms. The number of methoxy groups -OCH3 is 1. The topological polar surface area (TPSA) is 139 Å². The van der Waals surface area contributed by atoms with Gasteiger partial charge in [0, 0.05) is 28.3 Å². The number of pyridine rings is 1. The molecule has 1 aliphatic carbocycles. The quantitative estimate of drug-likeness (QED) is 0.204. The van der Waals surface area contributed by atoms with Gasteiger partial charge in [-0.05, 0) is 47.9 Å². The number of carboxylic acid groups (broad SMARTS) is 1. The lowest BCUT2D eigenvalue weighted by Gasteiger charge is -2.28. The van der Waals surface area contributed by atoms with Gasteiger partial charge >= 0.3 is 12.1 Å². The number of aromatic carboxylic acids is 1. The molecule has 44 heavy (non-hydrogen) atoms. The molecule has 4 aromatic rings. The Morgan fingerprint density at radius 3 is 2.39 bits per heavy atom. The van der Waals surface area contributed by atoms with Crippen molar-refractivity contribution in [3.63, 3.8) is 0 Å². The van der Waals surface area contributed by atoms with Crippen LogP contribution < -0.4 is 15.6 Å². The first-order valence-electron chi connectivity index (χ1n) is 13.5. The fourth-order valence-corrected chi connectivity index (χ4v) is 5.32. The van der Waals surface area contributed by atoms with Crippen molar-refractivity contribution in [2.75, 3.05) is 12.5 Å². The maximum Gasteiger partial charge on any atom is 0.425 e. The van der Waals surface area contributed by atoms with E-state index in [0.717, 1.165) is 0 Å². The molecule has 0 aliphatic heterocycles. The van der Waals surface area contributed by atoms with Crippen LogP contribution in [-0.2, 0) is 15.8 Å². The number of rotatable bonds is 7. The number of hydrogen-bond donors (Lipinski definition) is 4. The van der Waals surface area contributed by atoms with Gasteiger partial charge in [-0.25, -0.2) is 9.78 Å². The second-order valence-corrected chi connectivity index (χ2v) is 11.5. The van der Waals surface area contributed by atoms with Crippen LogP contribution in [0.2, 0.25) is 0 Å². The monoisotopic (exact) mass is 609 g/mol. The molecule has 0 radical (unpaired) electrons. The first-order valence-corrected chi connectivity index (χ1v) is 13.5. The van der Waals surface area contributed by atoms with Gasteiger partial charge in [-0.3, -0.25) is 20.3 Å². The molecule has 0 fully saturated rings. The molecule has 0 saturated heterocycles. The normalized spacial score (nSPS) is 16.6. The molecule has 2 atom stereocenters. The fraction of sp³-hybridized carbons (Fsp3) is 0.290. The number of hydrogen-bond acceptors (Lipinski definition) is 7. The molecular weight excluding hydrogens is 579 g/mol. The SMILES string of the molecule is COc1cc(-c2cnn(C(C)C(=O)NNc3ccc(C(=O)O)c(C(C)(C)C)n3)c2)c2c(c1)C(O)(C(F)(F)F)c1ccccc1-2. The average Bonchev–Trinajstić information content (AvgIpc) is 3.57. The Balaban J connectivity index is 1.45. The van der Waals surface area contributed by atoms with Gasteiger partial charge in [0.25, 0.3) is 5.91 Å². The van der Waals surface area contributed by atoms with Crippen molar-refractivity contribution in [3.05, 3.63) is 83.3 Å². The number of carbonyl (C=O) groups is 2. The van der Waals surface area contributed by atoms with Crippen molar-refractivity contribution in [3.8, 4) is 28.0 Å². The Bertz CT molecular complexity index is 1780. The van der Waals surface area contributed by atoms with Gasteiger partial charge < -0.3 is 14.9 Å². The van der Waals surface area contributed by atoms with Crippen LogP contribution in [0.4, 0.5) is 19.0 Å². The van der Waals surface area contributed by atoms with E-state index in [-0.39, 0.29) is 39.4 Å². The maximum absolute atomic E-state index is 14.4. The summed E-state index contributed by atoms with van der Waals surface area (Å²) >= 11 is 0. The highest BCUT2D eigenvalue weighted by Gasteiger charge is 2.61. The summed E-state index contributed by atoms with van der Waals surface area (Å²) in [5, 5.41) is 24.9. The van der Waals surface area contributed by atoms with Crippen molar-refractivity contribution in [2.24, 2.45) is 0 Å². The largest absolute Gasteiger partial charge is 0.497 e. The number of carboxylic acids is 1. The van der Waals surface area contributed by atoms with Crippen LogP contribution in [0.3, 0.4) is 0 Å².